The van der Waals surface area contributed by atoms with E-state index in [9.17, 15) is 19.4 Å². The third kappa shape index (κ3) is 54.0. The standard InChI is InChI=1S/C61H115N2O6P/c1-6-8-10-12-14-16-18-20-22-23-24-25-26-27-28-29-30-31-32-33-34-35-36-37-38-39-41-43-45-47-49-51-53-55-61(65)62-59(58-69-70(66,67)68-57-56-63(3,4)5)60(64)54-52-50-48-46-44-42-40-21-19-17-15-13-11-9-7-2/h19,21,24-25,27-28,44,46,52,54,59-60,64H,6-18,20,22-23,26,29-43,45,47-51,53,55-58H2,1-5H3,(H-,62,65,66,67)/b21-19+,25-24-,28-27-,46-44+,54-52+. The minimum Gasteiger partial charge on any atom is -0.756 e. The molecule has 0 aromatic rings. The number of quaternary nitrogens is 1. The zero-order valence-electron chi connectivity index (χ0n) is 46.7. The fourth-order valence-electron chi connectivity index (χ4n) is 8.51. The number of nitrogens with one attached hydrogen (secondary N) is 1. The van der Waals surface area contributed by atoms with Crippen molar-refractivity contribution in [3.05, 3.63) is 60.8 Å². The topological polar surface area (TPSA) is 108 Å². The van der Waals surface area contributed by atoms with E-state index < -0.39 is 26.6 Å². The zero-order valence-corrected chi connectivity index (χ0v) is 47.6. The number of aliphatic hydroxyl groups is 1. The fraction of sp³-hybridized carbons (Fsp3) is 0.820. The van der Waals surface area contributed by atoms with Crippen molar-refractivity contribution in [1.82, 2.24) is 5.32 Å². The summed E-state index contributed by atoms with van der Waals surface area (Å²) in [6.45, 7) is 4.62. The molecule has 0 radical (unpaired) electrons. The molecular weight excluding hydrogens is 888 g/mol. The number of hydrogen-bond acceptors (Lipinski definition) is 6. The zero-order chi connectivity index (χ0) is 51.3. The van der Waals surface area contributed by atoms with Gasteiger partial charge in [0.15, 0.2) is 0 Å². The first-order chi connectivity index (χ1) is 34.0. The third-order valence-electron chi connectivity index (χ3n) is 13.2. The summed E-state index contributed by atoms with van der Waals surface area (Å²) >= 11 is 0. The maximum absolute atomic E-state index is 12.9. The summed E-state index contributed by atoms with van der Waals surface area (Å²) in [6.07, 6.45) is 70.3. The van der Waals surface area contributed by atoms with Gasteiger partial charge in [0.25, 0.3) is 7.82 Å². The van der Waals surface area contributed by atoms with E-state index >= 15 is 0 Å². The van der Waals surface area contributed by atoms with E-state index in [-0.39, 0.29) is 12.5 Å². The molecule has 70 heavy (non-hydrogen) atoms. The molecule has 0 spiro atoms. The number of carbonyl (C=O) groups is 1. The summed E-state index contributed by atoms with van der Waals surface area (Å²) in [6, 6.07) is -0.910. The molecule has 0 saturated carbocycles. The van der Waals surface area contributed by atoms with Crippen LogP contribution in [0.15, 0.2) is 60.8 Å². The van der Waals surface area contributed by atoms with Crippen molar-refractivity contribution in [2.45, 2.75) is 283 Å². The first kappa shape index (κ1) is 68.2. The van der Waals surface area contributed by atoms with Gasteiger partial charge in [0.05, 0.1) is 39.9 Å². The van der Waals surface area contributed by atoms with Gasteiger partial charge in [0.1, 0.15) is 13.2 Å². The van der Waals surface area contributed by atoms with Gasteiger partial charge in [-0.3, -0.25) is 9.36 Å². The quantitative estimate of drug-likeness (QED) is 0.0272. The minimum atomic E-state index is -4.61. The molecule has 0 aliphatic heterocycles. The lowest BCUT2D eigenvalue weighted by Gasteiger charge is -2.29. The first-order valence-electron chi connectivity index (χ1n) is 29.7. The Morgan fingerprint density at radius 2 is 0.843 bits per heavy atom. The fourth-order valence-corrected chi connectivity index (χ4v) is 9.23. The molecule has 1 amide bonds. The number of amides is 1. The highest BCUT2D eigenvalue weighted by molar-refractivity contribution is 7.45. The summed E-state index contributed by atoms with van der Waals surface area (Å²) in [7, 11) is 1.24. The maximum Gasteiger partial charge on any atom is 0.268 e. The molecule has 8 nitrogen and oxygen atoms in total. The number of carbonyl (C=O) groups excluding carboxylic acids is 1. The average Bonchev–Trinajstić information content (AvgIpc) is 3.32. The number of phosphoric acid groups is 1. The Balaban J connectivity index is 4.08. The van der Waals surface area contributed by atoms with Crippen molar-refractivity contribution >= 4 is 13.7 Å². The normalized spacial score (nSPS) is 14.3. The van der Waals surface area contributed by atoms with Crippen LogP contribution in [0.2, 0.25) is 0 Å². The minimum absolute atomic E-state index is 0.00976. The Morgan fingerprint density at radius 1 is 0.500 bits per heavy atom. The molecule has 410 valence electrons. The van der Waals surface area contributed by atoms with Gasteiger partial charge in [-0.25, -0.2) is 0 Å². The second-order valence-electron chi connectivity index (χ2n) is 21.3. The number of rotatable bonds is 54. The molecule has 0 aromatic heterocycles. The van der Waals surface area contributed by atoms with E-state index in [2.05, 4.69) is 67.8 Å². The molecule has 0 aliphatic carbocycles. The number of aliphatic hydroxyl groups excluding tert-OH is 1. The molecular formula is C61H115N2O6P. The van der Waals surface area contributed by atoms with Crippen LogP contribution < -0.4 is 10.2 Å². The SMILES string of the molecule is CCCCCCC/C=C/CC/C=C/CC/C=C/C(O)C(COP(=O)([O-])OCC[N+](C)(C)C)NC(=O)CCCCCCCCCCCCCCCCCCC/C=C\C/C=C\CCCCCCCCCCC. The Hall–Kier alpha value is -1.80. The van der Waals surface area contributed by atoms with Crippen molar-refractivity contribution in [2.75, 3.05) is 40.9 Å². The van der Waals surface area contributed by atoms with Gasteiger partial charge in [-0.1, -0.05) is 248 Å². The number of nitrogens with zero attached hydrogens (tertiary/aromatic N) is 1. The number of hydrogen-bond donors (Lipinski definition) is 2. The molecule has 0 saturated heterocycles. The second kappa shape index (κ2) is 52.1. The lowest BCUT2D eigenvalue weighted by molar-refractivity contribution is -0.870. The third-order valence-corrected chi connectivity index (χ3v) is 14.1. The molecule has 2 N–H and O–H groups in total. The van der Waals surface area contributed by atoms with Gasteiger partial charge >= 0.3 is 0 Å². The van der Waals surface area contributed by atoms with E-state index in [0.29, 0.717) is 17.4 Å². The number of likely N-dealkylation sites (N-methyl/N-ethyl adjacent to an activating group) is 1. The van der Waals surface area contributed by atoms with Gasteiger partial charge in [-0.2, -0.15) is 0 Å². The van der Waals surface area contributed by atoms with E-state index in [0.717, 1.165) is 51.4 Å². The van der Waals surface area contributed by atoms with Crippen LogP contribution in [0, 0.1) is 0 Å². The first-order valence-corrected chi connectivity index (χ1v) is 31.1. The molecule has 0 heterocycles. The van der Waals surface area contributed by atoms with Gasteiger partial charge in [0, 0.05) is 6.42 Å². The van der Waals surface area contributed by atoms with Crippen molar-refractivity contribution < 1.29 is 32.9 Å². The predicted molar refractivity (Wildman–Crippen MR) is 302 cm³/mol. The van der Waals surface area contributed by atoms with Gasteiger partial charge in [-0.15, -0.1) is 0 Å². The highest BCUT2D eigenvalue weighted by atomic mass is 31.2. The second-order valence-corrected chi connectivity index (χ2v) is 22.7. The Morgan fingerprint density at radius 3 is 1.24 bits per heavy atom. The average molecular weight is 1000 g/mol. The van der Waals surface area contributed by atoms with E-state index in [1.54, 1.807) is 6.08 Å². The molecule has 0 aliphatic rings. The summed E-state index contributed by atoms with van der Waals surface area (Å²) in [5.41, 5.74) is 0. The monoisotopic (exact) mass is 1000 g/mol. The Bertz CT molecular complexity index is 1320. The molecule has 9 heteroatoms. The van der Waals surface area contributed by atoms with Crippen LogP contribution in [0.4, 0.5) is 0 Å². The summed E-state index contributed by atoms with van der Waals surface area (Å²) < 4.78 is 23.3. The lowest BCUT2D eigenvalue weighted by atomic mass is 10.0. The molecule has 3 unspecified atom stereocenters. The predicted octanol–water partition coefficient (Wildman–Crippen LogP) is 17.5. The van der Waals surface area contributed by atoms with E-state index in [1.165, 1.54) is 199 Å². The number of unbranched alkanes of at least 4 members (excludes halogenated alkanes) is 33. The van der Waals surface area contributed by atoms with Crippen LogP contribution in [0.3, 0.4) is 0 Å². The van der Waals surface area contributed by atoms with E-state index in [4.69, 9.17) is 9.05 Å². The number of allylic oxidation sites excluding steroid dienone is 9. The Kier molecular flexibility index (Phi) is 50.7. The van der Waals surface area contributed by atoms with Crippen molar-refractivity contribution in [3.8, 4) is 0 Å². The van der Waals surface area contributed by atoms with Crippen LogP contribution in [-0.2, 0) is 18.4 Å². The maximum atomic E-state index is 12.9. The van der Waals surface area contributed by atoms with E-state index in [1.807, 2.05) is 27.2 Å². The van der Waals surface area contributed by atoms with Gasteiger partial charge in [-0.05, 0) is 77.0 Å². The van der Waals surface area contributed by atoms with Crippen LogP contribution >= 0.6 is 7.82 Å². The smallest absolute Gasteiger partial charge is 0.268 e. The van der Waals surface area contributed by atoms with Crippen LogP contribution in [0.5, 0.6) is 0 Å². The summed E-state index contributed by atoms with van der Waals surface area (Å²) in [5, 5.41) is 13.8. The molecule has 3 atom stereocenters. The van der Waals surface area contributed by atoms with Crippen molar-refractivity contribution in [3.63, 3.8) is 0 Å². The highest BCUT2D eigenvalue weighted by Crippen LogP contribution is 2.38. The molecule has 0 aromatic carbocycles. The lowest BCUT2D eigenvalue weighted by Crippen LogP contribution is -2.45. The van der Waals surface area contributed by atoms with Crippen LogP contribution in [0.25, 0.3) is 0 Å². The largest absolute Gasteiger partial charge is 0.756 e. The highest BCUT2D eigenvalue weighted by Gasteiger charge is 2.23. The molecule has 0 fully saturated rings. The Labute approximate surface area is 434 Å². The van der Waals surface area contributed by atoms with Gasteiger partial charge < -0.3 is 28.8 Å². The van der Waals surface area contributed by atoms with Crippen molar-refractivity contribution in [2.24, 2.45) is 0 Å². The van der Waals surface area contributed by atoms with Crippen molar-refractivity contribution in [1.29, 1.82) is 0 Å². The summed E-state index contributed by atoms with van der Waals surface area (Å²) in [5.74, 6) is -0.210. The molecule has 0 bridgehead atoms. The van der Waals surface area contributed by atoms with Gasteiger partial charge in [0.2, 0.25) is 5.91 Å². The molecule has 0 rings (SSSR count). The van der Waals surface area contributed by atoms with Crippen LogP contribution in [0.1, 0.15) is 271 Å². The summed E-state index contributed by atoms with van der Waals surface area (Å²) in [4.78, 5) is 25.5. The number of phosphoric ester groups is 1. The van der Waals surface area contributed by atoms with Crippen LogP contribution in [-0.4, -0.2) is 68.5 Å².